The number of carbonyl (C=O) groups is 1. The molecule has 1 aromatic carbocycles. The third-order valence-corrected chi connectivity index (χ3v) is 3.28. The minimum absolute atomic E-state index is 0.0721. The van der Waals surface area contributed by atoms with Crippen molar-refractivity contribution in [2.45, 2.75) is 13.1 Å². The van der Waals surface area contributed by atoms with E-state index in [2.05, 4.69) is 10.5 Å². The highest BCUT2D eigenvalue weighted by Gasteiger charge is 2.33. The maximum Gasteiger partial charge on any atom is 0.418 e. The second kappa shape index (κ2) is 8.00. The molecule has 0 aliphatic carbocycles. The van der Waals surface area contributed by atoms with Gasteiger partial charge in [0, 0.05) is 13.1 Å². The number of nitrogens with one attached hydrogen (secondary N) is 1. The average molecular weight is 345 g/mol. The van der Waals surface area contributed by atoms with E-state index < -0.39 is 17.7 Å². The highest BCUT2D eigenvalue weighted by Crippen LogP contribution is 2.34. The largest absolute Gasteiger partial charge is 0.460 e. The van der Waals surface area contributed by atoms with Gasteiger partial charge in [-0.25, -0.2) is 4.79 Å². The van der Waals surface area contributed by atoms with E-state index in [1.165, 1.54) is 18.2 Å². The van der Waals surface area contributed by atoms with Crippen molar-refractivity contribution in [3.05, 3.63) is 29.8 Å². The van der Waals surface area contributed by atoms with Gasteiger partial charge in [-0.3, -0.25) is 5.43 Å². The van der Waals surface area contributed by atoms with Crippen molar-refractivity contribution in [2.75, 3.05) is 38.3 Å². The van der Waals surface area contributed by atoms with E-state index in [0.717, 1.165) is 6.07 Å². The zero-order chi connectivity index (χ0) is 17.6. The molecule has 0 bridgehead atoms. The normalized spacial score (nSPS) is 16.0. The quantitative estimate of drug-likeness (QED) is 0.394. The smallest absolute Gasteiger partial charge is 0.418 e. The number of ether oxygens (including phenoxy) is 2. The van der Waals surface area contributed by atoms with Crippen LogP contribution in [0.2, 0.25) is 0 Å². The second-order valence-electron chi connectivity index (χ2n) is 4.91. The molecule has 9 heteroatoms. The summed E-state index contributed by atoms with van der Waals surface area (Å²) in [5.74, 6) is -0.770. The highest BCUT2D eigenvalue weighted by atomic mass is 19.4. The van der Waals surface area contributed by atoms with Gasteiger partial charge >= 0.3 is 12.1 Å². The number of esters is 1. The summed E-state index contributed by atoms with van der Waals surface area (Å²) in [6.07, 6.45) is -4.53. The van der Waals surface area contributed by atoms with Gasteiger partial charge in [-0.1, -0.05) is 12.1 Å². The van der Waals surface area contributed by atoms with Crippen LogP contribution in [-0.2, 0) is 20.4 Å². The molecule has 1 aromatic rings. The minimum atomic E-state index is -4.53. The van der Waals surface area contributed by atoms with Crippen LogP contribution in [0.3, 0.4) is 0 Å². The van der Waals surface area contributed by atoms with Gasteiger partial charge in [-0.2, -0.15) is 13.2 Å². The van der Waals surface area contributed by atoms with E-state index in [-0.39, 0.29) is 18.1 Å². The molecule has 24 heavy (non-hydrogen) atoms. The van der Waals surface area contributed by atoms with Gasteiger partial charge in [0.2, 0.25) is 5.84 Å². The van der Waals surface area contributed by atoms with E-state index in [9.17, 15) is 18.0 Å². The Labute approximate surface area is 137 Å². The van der Waals surface area contributed by atoms with Crippen LogP contribution in [0.25, 0.3) is 0 Å². The molecule has 0 saturated carbocycles. The van der Waals surface area contributed by atoms with Crippen molar-refractivity contribution in [2.24, 2.45) is 5.10 Å². The Morgan fingerprint density at radius 3 is 2.62 bits per heavy atom. The van der Waals surface area contributed by atoms with Crippen LogP contribution in [0, 0.1) is 0 Å². The summed E-state index contributed by atoms with van der Waals surface area (Å²) in [6, 6.07) is 4.92. The Morgan fingerprint density at radius 1 is 1.33 bits per heavy atom. The summed E-state index contributed by atoms with van der Waals surface area (Å²) in [7, 11) is 0. The first-order chi connectivity index (χ1) is 11.4. The molecule has 0 spiro atoms. The Morgan fingerprint density at radius 2 is 2.00 bits per heavy atom. The van der Waals surface area contributed by atoms with Crippen LogP contribution in [0.1, 0.15) is 12.5 Å². The van der Waals surface area contributed by atoms with Crippen LogP contribution in [0.15, 0.2) is 29.4 Å². The van der Waals surface area contributed by atoms with Crippen LogP contribution < -0.4 is 5.43 Å². The van der Waals surface area contributed by atoms with Gasteiger partial charge in [0.25, 0.3) is 0 Å². The Bertz CT molecular complexity index is 599. The van der Waals surface area contributed by atoms with Crippen molar-refractivity contribution < 1.29 is 27.4 Å². The summed E-state index contributed by atoms with van der Waals surface area (Å²) in [4.78, 5) is 13.7. The fourth-order valence-corrected chi connectivity index (χ4v) is 2.16. The summed E-state index contributed by atoms with van der Waals surface area (Å²) < 4.78 is 49.1. The predicted molar refractivity (Wildman–Crippen MR) is 81.5 cm³/mol. The number of alkyl halides is 3. The number of hydrazone groups is 1. The molecule has 1 saturated heterocycles. The van der Waals surface area contributed by atoms with Crippen LogP contribution in [0.5, 0.6) is 0 Å². The van der Waals surface area contributed by atoms with E-state index in [1.54, 1.807) is 11.8 Å². The molecule has 1 heterocycles. The van der Waals surface area contributed by atoms with Crippen molar-refractivity contribution in [1.29, 1.82) is 0 Å². The van der Waals surface area contributed by atoms with Gasteiger partial charge < -0.3 is 14.4 Å². The van der Waals surface area contributed by atoms with Crippen LogP contribution in [-0.4, -0.2) is 49.6 Å². The lowest BCUT2D eigenvalue weighted by molar-refractivity contribution is -0.137. The fourth-order valence-electron chi connectivity index (χ4n) is 2.16. The number of halogens is 3. The lowest BCUT2D eigenvalue weighted by Gasteiger charge is -2.28. The van der Waals surface area contributed by atoms with Gasteiger partial charge in [0.05, 0.1) is 31.1 Å². The predicted octanol–water partition coefficient (Wildman–Crippen LogP) is 2.33. The number of para-hydroxylation sites is 1. The van der Waals surface area contributed by atoms with Crippen LogP contribution >= 0.6 is 0 Å². The molecule has 0 unspecified atom stereocenters. The zero-order valence-electron chi connectivity index (χ0n) is 13.1. The lowest BCUT2D eigenvalue weighted by Crippen LogP contribution is -2.45. The van der Waals surface area contributed by atoms with Crippen LogP contribution in [0.4, 0.5) is 18.9 Å². The number of morpholine rings is 1. The number of amidine groups is 1. The number of nitrogens with zero attached hydrogens (tertiary/aromatic N) is 2. The molecule has 132 valence electrons. The van der Waals surface area contributed by atoms with Crippen molar-refractivity contribution >= 4 is 17.5 Å². The lowest BCUT2D eigenvalue weighted by atomic mass is 10.2. The van der Waals surface area contributed by atoms with E-state index in [4.69, 9.17) is 9.47 Å². The first-order valence-electron chi connectivity index (χ1n) is 7.43. The first kappa shape index (κ1) is 18.1. The standard InChI is InChI=1S/C15H18F3N3O3/c1-2-24-14(22)13(21-7-9-23-10-8-21)20-19-12-6-4-3-5-11(12)15(16,17)18/h3-6,19H,2,7-10H2,1H3. The molecule has 0 radical (unpaired) electrons. The van der Waals surface area contributed by atoms with E-state index in [1.807, 2.05) is 0 Å². The Balaban J connectivity index is 2.25. The maximum atomic E-state index is 13.0. The van der Waals surface area contributed by atoms with Crippen molar-refractivity contribution in [1.82, 2.24) is 4.90 Å². The molecule has 1 fully saturated rings. The molecule has 1 aliphatic rings. The van der Waals surface area contributed by atoms with Crippen molar-refractivity contribution in [3.63, 3.8) is 0 Å². The third-order valence-electron chi connectivity index (χ3n) is 3.28. The second-order valence-corrected chi connectivity index (χ2v) is 4.91. The number of hydrogen-bond donors (Lipinski definition) is 1. The molecule has 1 N–H and O–H groups in total. The van der Waals surface area contributed by atoms with Gasteiger partial charge in [-0.15, -0.1) is 5.10 Å². The number of carbonyl (C=O) groups excluding carboxylic acids is 1. The summed E-state index contributed by atoms with van der Waals surface area (Å²) in [6.45, 7) is 3.39. The molecule has 2 rings (SSSR count). The summed E-state index contributed by atoms with van der Waals surface area (Å²) >= 11 is 0. The molecular weight excluding hydrogens is 327 g/mol. The van der Waals surface area contributed by atoms with E-state index >= 15 is 0 Å². The van der Waals surface area contributed by atoms with Gasteiger partial charge in [-0.05, 0) is 19.1 Å². The Kier molecular flexibility index (Phi) is 6.02. The Hall–Kier alpha value is -2.29. The zero-order valence-corrected chi connectivity index (χ0v) is 13.1. The number of hydrogen-bond acceptors (Lipinski definition) is 5. The molecule has 0 aromatic heterocycles. The molecule has 0 amide bonds. The summed E-state index contributed by atoms with van der Waals surface area (Å²) in [5.41, 5.74) is 1.24. The van der Waals surface area contributed by atoms with Crippen molar-refractivity contribution in [3.8, 4) is 0 Å². The number of rotatable bonds is 3. The minimum Gasteiger partial charge on any atom is -0.460 e. The topological polar surface area (TPSA) is 63.2 Å². The highest BCUT2D eigenvalue weighted by molar-refractivity contribution is 6.35. The summed E-state index contributed by atoms with van der Waals surface area (Å²) in [5, 5.41) is 3.87. The fraction of sp³-hybridized carbons (Fsp3) is 0.467. The SMILES string of the molecule is CCOC(=O)C(=NNc1ccccc1C(F)(F)F)N1CCOCC1. The van der Waals surface area contributed by atoms with Gasteiger partial charge in [0.1, 0.15) is 0 Å². The molecule has 1 aliphatic heterocycles. The third kappa shape index (κ3) is 4.60. The van der Waals surface area contributed by atoms with Gasteiger partial charge in [0.15, 0.2) is 0 Å². The first-order valence-corrected chi connectivity index (χ1v) is 7.43. The molecular formula is C15H18F3N3O3. The molecule has 0 atom stereocenters. The number of anilines is 1. The molecule has 6 nitrogen and oxygen atoms in total. The average Bonchev–Trinajstić information content (AvgIpc) is 2.56. The van der Waals surface area contributed by atoms with E-state index in [0.29, 0.717) is 26.3 Å². The monoisotopic (exact) mass is 345 g/mol. The number of benzene rings is 1. The maximum absolute atomic E-state index is 13.0.